The van der Waals surface area contributed by atoms with Crippen LogP contribution in [0.1, 0.15) is 18.1 Å². The van der Waals surface area contributed by atoms with Gasteiger partial charge in [0.15, 0.2) is 0 Å². The summed E-state index contributed by atoms with van der Waals surface area (Å²) in [7, 11) is 0. The summed E-state index contributed by atoms with van der Waals surface area (Å²) in [6, 6.07) is 14.5. The molecule has 0 spiro atoms. The molecule has 1 N–H and O–H groups in total. The zero-order chi connectivity index (χ0) is 15.1. The highest BCUT2D eigenvalue weighted by Crippen LogP contribution is 2.18. The third kappa shape index (κ3) is 4.29. The molecule has 0 unspecified atom stereocenters. The zero-order valence-corrected chi connectivity index (χ0v) is 11.9. The number of anilines is 1. The summed E-state index contributed by atoms with van der Waals surface area (Å²) in [5.41, 5.74) is 3.22. The Hall–Kier alpha value is -2.40. The lowest BCUT2D eigenvalue weighted by molar-refractivity contribution is -0.384. The minimum atomic E-state index is -0.394. The Morgan fingerprint density at radius 2 is 1.86 bits per heavy atom. The molecule has 5 nitrogen and oxygen atoms in total. The van der Waals surface area contributed by atoms with E-state index in [4.69, 9.17) is 4.74 Å². The molecule has 2 aromatic rings. The maximum Gasteiger partial charge on any atom is 0.269 e. The molecule has 0 aliphatic carbocycles. The molecular weight excluding hydrogens is 268 g/mol. The first-order valence-corrected chi connectivity index (χ1v) is 6.83. The fourth-order valence-corrected chi connectivity index (χ4v) is 1.96. The number of nitro groups is 1. The molecular formula is C16H18N2O3. The first-order valence-electron chi connectivity index (χ1n) is 6.83. The highest BCUT2D eigenvalue weighted by molar-refractivity contribution is 5.51. The van der Waals surface area contributed by atoms with Gasteiger partial charge in [0.25, 0.3) is 5.69 Å². The number of nitro benzene ring substituents is 1. The Kier molecular flexibility index (Phi) is 5.29. The molecule has 110 valence electrons. The van der Waals surface area contributed by atoms with E-state index in [-0.39, 0.29) is 5.69 Å². The van der Waals surface area contributed by atoms with Gasteiger partial charge in [0.2, 0.25) is 0 Å². The molecule has 0 fully saturated rings. The van der Waals surface area contributed by atoms with E-state index in [1.165, 1.54) is 12.1 Å². The molecule has 0 saturated carbocycles. The second-order valence-electron chi connectivity index (χ2n) is 4.57. The van der Waals surface area contributed by atoms with E-state index in [1.54, 1.807) is 12.1 Å². The summed E-state index contributed by atoms with van der Waals surface area (Å²) in [6.45, 7) is 3.82. The van der Waals surface area contributed by atoms with Crippen LogP contribution in [0.25, 0.3) is 0 Å². The third-order valence-electron chi connectivity index (χ3n) is 3.11. The van der Waals surface area contributed by atoms with Crippen molar-refractivity contribution in [1.82, 2.24) is 0 Å². The molecule has 21 heavy (non-hydrogen) atoms. The summed E-state index contributed by atoms with van der Waals surface area (Å²) in [5, 5.41) is 13.9. The molecule has 0 atom stereocenters. The van der Waals surface area contributed by atoms with E-state index in [9.17, 15) is 10.1 Å². The van der Waals surface area contributed by atoms with Crippen LogP contribution in [0.4, 0.5) is 11.4 Å². The highest BCUT2D eigenvalue weighted by atomic mass is 16.6. The van der Waals surface area contributed by atoms with E-state index >= 15 is 0 Å². The summed E-state index contributed by atoms with van der Waals surface area (Å²) in [4.78, 5) is 10.2. The number of ether oxygens (including phenoxy) is 1. The second kappa shape index (κ2) is 7.40. The minimum Gasteiger partial charge on any atom is -0.381 e. The van der Waals surface area contributed by atoms with Crippen molar-refractivity contribution in [2.45, 2.75) is 20.1 Å². The van der Waals surface area contributed by atoms with E-state index < -0.39 is 4.92 Å². The molecule has 0 saturated heterocycles. The van der Waals surface area contributed by atoms with Crippen molar-refractivity contribution < 1.29 is 9.66 Å². The zero-order valence-electron chi connectivity index (χ0n) is 11.9. The Morgan fingerprint density at radius 1 is 1.14 bits per heavy atom. The van der Waals surface area contributed by atoms with E-state index in [1.807, 2.05) is 31.2 Å². The van der Waals surface area contributed by atoms with Crippen LogP contribution in [0.3, 0.4) is 0 Å². The molecule has 0 heterocycles. The first kappa shape index (κ1) is 15.0. The van der Waals surface area contributed by atoms with Gasteiger partial charge in [0.05, 0.1) is 11.5 Å². The largest absolute Gasteiger partial charge is 0.381 e. The van der Waals surface area contributed by atoms with Gasteiger partial charge in [-0.1, -0.05) is 30.3 Å². The number of para-hydroxylation sites is 1. The Balaban J connectivity index is 2.00. The predicted octanol–water partition coefficient (Wildman–Crippen LogP) is 3.74. The van der Waals surface area contributed by atoms with Gasteiger partial charge in [-0.25, -0.2) is 0 Å². The number of hydrogen-bond acceptors (Lipinski definition) is 4. The van der Waals surface area contributed by atoms with Crippen molar-refractivity contribution in [2.24, 2.45) is 0 Å². The van der Waals surface area contributed by atoms with Crippen molar-refractivity contribution in [1.29, 1.82) is 0 Å². The van der Waals surface area contributed by atoms with Gasteiger partial charge in [-0.05, 0) is 18.6 Å². The fourth-order valence-electron chi connectivity index (χ4n) is 1.96. The van der Waals surface area contributed by atoms with Crippen LogP contribution >= 0.6 is 0 Å². The lowest BCUT2D eigenvalue weighted by Gasteiger charge is -2.12. The molecule has 2 rings (SSSR count). The van der Waals surface area contributed by atoms with Crippen LogP contribution in [0.5, 0.6) is 0 Å². The topological polar surface area (TPSA) is 64.4 Å². The molecule has 0 bridgehead atoms. The number of benzene rings is 2. The number of nitrogens with zero attached hydrogens (tertiary/aromatic N) is 1. The molecule has 0 aromatic heterocycles. The SMILES string of the molecule is CCOCc1ccccc1NCc1ccc([N+](=O)[O-])cc1. The summed E-state index contributed by atoms with van der Waals surface area (Å²) in [5.74, 6) is 0. The van der Waals surface area contributed by atoms with E-state index in [2.05, 4.69) is 5.32 Å². The number of rotatable bonds is 7. The van der Waals surface area contributed by atoms with Crippen LogP contribution in [-0.4, -0.2) is 11.5 Å². The maximum atomic E-state index is 10.6. The smallest absolute Gasteiger partial charge is 0.269 e. The lowest BCUT2D eigenvalue weighted by Crippen LogP contribution is -2.03. The van der Waals surface area contributed by atoms with Crippen LogP contribution < -0.4 is 5.32 Å². The molecule has 0 radical (unpaired) electrons. The van der Waals surface area contributed by atoms with Gasteiger partial charge in [0.1, 0.15) is 0 Å². The summed E-state index contributed by atoms with van der Waals surface area (Å²) in [6.07, 6.45) is 0. The van der Waals surface area contributed by atoms with Gasteiger partial charge in [-0.3, -0.25) is 10.1 Å². The van der Waals surface area contributed by atoms with Gasteiger partial charge in [0, 0.05) is 36.5 Å². The van der Waals surface area contributed by atoms with Gasteiger partial charge < -0.3 is 10.1 Å². The van der Waals surface area contributed by atoms with Crippen molar-refractivity contribution in [2.75, 3.05) is 11.9 Å². The molecule has 0 aliphatic rings. The van der Waals surface area contributed by atoms with Crippen molar-refractivity contribution in [3.05, 3.63) is 69.8 Å². The Labute approximate surface area is 123 Å². The fraction of sp³-hybridized carbons (Fsp3) is 0.250. The molecule has 0 aliphatic heterocycles. The average Bonchev–Trinajstić information content (AvgIpc) is 2.52. The maximum absolute atomic E-state index is 10.6. The lowest BCUT2D eigenvalue weighted by atomic mass is 10.1. The first-order chi connectivity index (χ1) is 10.2. The minimum absolute atomic E-state index is 0.107. The van der Waals surface area contributed by atoms with Gasteiger partial charge in [-0.2, -0.15) is 0 Å². The second-order valence-corrected chi connectivity index (χ2v) is 4.57. The van der Waals surface area contributed by atoms with Crippen molar-refractivity contribution >= 4 is 11.4 Å². The summed E-state index contributed by atoms with van der Waals surface area (Å²) < 4.78 is 5.44. The molecule has 0 amide bonds. The van der Waals surface area contributed by atoms with Gasteiger partial charge in [-0.15, -0.1) is 0 Å². The average molecular weight is 286 g/mol. The van der Waals surface area contributed by atoms with Crippen molar-refractivity contribution in [3.63, 3.8) is 0 Å². The van der Waals surface area contributed by atoms with Crippen LogP contribution in [-0.2, 0) is 17.9 Å². The molecule has 2 aromatic carbocycles. The monoisotopic (exact) mass is 286 g/mol. The van der Waals surface area contributed by atoms with E-state index in [0.29, 0.717) is 19.8 Å². The van der Waals surface area contributed by atoms with Crippen molar-refractivity contribution in [3.8, 4) is 0 Å². The standard InChI is InChI=1S/C16H18N2O3/c1-2-21-12-14-5-3-4-6-16(14)17-11-13-7-9-15(10-8-13)18(19)20/h3-10,17H,2,11-12H2,1H3. The Bertz CT molecular complexity index is 597. The quantitative estimate of drug-likeness (QED) is 0.622. The highest BCUT2D eigenvalue weighted by Gasteiger charge is 2.05. The van der Waals surface area contributed by atoms with Crippen LogP contribution in [0.2, 0.25) is 0 Å². The third-order valence-corrected chi connectivity index (χ3v) is 3.11. The molecule has 5 heteroatoms. The van der Waals surface area contributed by atoms with Crippen LogP contribution in [0.15, 0.2) is 48.5 Å². The Morgan fingerprint density at radius 3 is 2.52 bits per heavy atom. The van der Waals surface area contributed by atoms with Gasteiger partial charge >= 0.3 is 0 Å². The number of non-ortho nitro benzene ring substituents is 1. The van der Waals surface area contributed by atoms with Crippen LogP contribution in [0, 0.1) is 10.1 Å². The normalized spacial score (nSPS) is 10.3. The van der Waals surface area contributed by atoms with E-state index in [0.717, 1.165) is 16.8 Å². The number of nitrogens with one attached hydrogen (secondary N) is 1. The summed E-state index contributed by atoms with van der Waals surface area (Å²) >= 11 is 0. The predicted molar refractivity (Wildman–Crippen MR) is 82.2 cm³/mol. The number of hydrogen-bond donors (Lipinski definition) is 1.